The zero-order valence-corrected chi connectivity index (χ0v) is 16.3. The lowest BCUT2D eigenvalue weighted by Gasteiger charge is -2.38. The zero-order valence-electron chi connectivity index (χ0n) is 15.5. The van der Waals surface area contributed by atoms with Gasteiger partial charge in [-0.3, -0.25) is 0 Å². The summed E-state index contributed by atoms with van der Waals surface area (Å²) >= 11 is 0. The van der Waals surface area contributed by atoms with Crippen molar-refractivity contribution in [3.8, 4) is 0 Å². The van der Waals surface area contributed by atoms with Crippen LogP contribution in [0.4, 0.5) is 4.79 Å². The van der Waals surface area contributed by atoms with Crippen molar-refractivity contribution in [1.29, 1.82) is 0 Å². The van der Waals surface area contributed by atoms with Crippen LogP contribution in [-0.4, -0.2) is 61.1 Å². The fraction of sp³-hybridized carbons (Fsp3) is 0.947. The van der Waals surface area contributed by atoms with E-state index in [-0.39, 0.29) is 12.1 Å². The molecule has 2 heterocycles. The molecule has 5 rings (SSSR count). The second-order valence-electron chi connectivity index (χ2n) is 9.21. The number of nitrogens with one attached hydrogen (secondary N) is 1. The third-order valence-electron chi connectivity index (χ3n) is 8.03. The number of nitrogens with zero attached hydrogens (tertiary/aromatic N) is 2. The van der Waals surface area contributed by atoms with Gasteiger partial charge in [0.15, 0.2) is 0 Å². The number of carbonyl (C=O) groups is 1. The average molecular weight is 382 g/mol. The summed E-state index contributed by atoms with van der Waals surface area (Å²) in [7, 11) is -3.04. The molecule has 0 aromatic rings. The number of sulfonamides is 1. The van der Waals surface area contributed by atoms with Gasteiger partial charge < -0.3 is 10.2 Å². The van der Waals surface area contributed by atoms with E-state index < -0.39 is 10.0 Å². The summed E-state index contributed by atoms with van der Waals surface area (Å²) in [6.45, 7) is 2.01. The van der Waals surface area contributed by atoms with Crippen molar-refractivity contribution in [2.24, 2.45) is 23.7 Å². The minimum atomic E-state index is -3.04. The van der Waals surface area contributed by atoms with E-state index >= 15 is 0 Å². The first-order chi connectivity index (χ1) is 12.5. The van der Waals surface area contributed by atoms with Crippen LogP contribution < -0.4 is 5.32 Å². The monoisotopic (exact) mass is 381 g/mol. The predicted molar refractivity (Wildman–Crippen MR) is 99.1 cm³/mol. The van der Waals surface area contributed by atoms with E-state index in [1.807, 2.05) is 4.90 Å². The summed E-state index contributed by atoms with van der Waals surface area (Å²) in [5.74, 6) is 3.67. The van der Waals surface area contributed by atoms with Crippen LogP contribution in [-0.2, 0) is 10.0 Å². The van der Waals surface area contributed by atoms with Gasteiger partial charge in [0, 0.05) is 31.7 Å². The van der Waals surface area contributed by atoms with Crippen molar-refractivity contribution in [3.63, 3.8) is 0 Å². The predicted octanol–water partition coefficient (Wildman–Crippen LogP) is 2.02. The fourth-order valence-corrected chi connectivity index (χ4v) is 8.71. The quantitative estimate of drug-likeness (QED) is 0.796. The Balaban J connectivity index is 1.15. The van der Waals surface area contributed by atoms with Crippen molar-refractivity contribution < 1.29 is 13.2 Å². The van der Waals surface area contributed by atoms with Gasteiger partial charge in [0.1, 0.15) is 0 Å². The minimum absolute atomic E-state index is 0.0832. The molecule has 0 unspecified atom stereocenters. The fourth-order valence-electron chi connectivity index (χ4n) is 6.91. The number of likely N-dealkylation sites (tertiary alicyclic amines) is 1. The Morgan fingerprint density at radius 1 is 0.885 bits per heavy atom. The van der Waals surface area contributed by atoms with Gasteiger partial charge in [0.05, 0.1) is 5.75 Å². The summed E-state index contributed by atoms with van der Waals surface area (Å²) < 4.78 is 25.9. The molecule has 6 nitrogen and oxygen atoms in total. The largest absolute Gasteiger partial charge is 0.335 e. The van der Waals surface area contributed by atoms with Crippen molar-refractivity contribution >= 4 is 16.1 Å². The molecule has 5 aliphatic rings. The van der Waals surface area contributed by atoms with Gasteiger partial charge in [-0.05, 0) is 68.6 Å². The second-order valence-corrected chi connectivity index (χ2v) is 11.2. The van der Waals surface area contributed by atoms with Gasteiger partial charge in [-0.2, -0.15) is 4.31 Å². The summed E-state index contributed by atoms with van der Waals surface area (Å²) in [4.78, 5) is 14.7. The first kappa shape index (κ1) is 17.3. The van der Waals surface area contributed by atoms with Crippen LogP contribution in [0.25, 0.3) is 0 Å². The van der Waals surface area contributed by atoms with Gasteiger partial charge in [0.2, 0.25) is 10.0 Å². The maximum atomic E-state index is 12.8. The molecule has 5 atom stereocenters. The molecular weight excluding hydrogens is 350 g/mol. The van der Waals surface area contributed by atoms with Crippen LogP contribution in [0.15, 0.2) is 0 Å². The molecule has 1 N–H and O–H groups in total. The molecule has 2 bridgehead atoms. The molecule has 0 aromatic carbocycles. The molecule has 0 spiro atoms. The van der Waals surface area contributed by atoms with Gasteiger partial charge in [-0.1, -0.05) is 6.42 Å². The molecule has 26 heavy (non-hydrogen) atoms. The molecule has 7 heteroatoms. The Morgan fingerprint density at radius 2 is 1.65 bits per heavy atom. The lowest BCUT2D eigenvalue weighted by atomic mass is 9.79. The standard InChI is InChI=1S/C19H31N3O3S/c23-19(20-18-12-13-11-17(18)16-4-1-3-15(13)16)21-8-5-14(6-9-21)22-7-2-10-26(22,24)25/h13-18H,1-12H2,(H,20,23)/t13-,15+,16-,17+,18-/m1/s1. The maximum absolute atomic E-state index is 12.8. The summed E-state index contributed by atoms with van der Waals surface area (Å²) in [5.41, 5.74) is 0. The minimum Gasteiger partial charge on any atom is -0.335 e. The van der Waals surface area contributed by atoms with Crippen LogP contribution in [0.1, 0.15) is 51.4 Å². The van der Waals surface area contributed by atoms with E-state index in [0.29, 0.717) is 37.3 Å². The van der Waals surface area contributed by atoms with Crippen molar-refractivity contribution in [2.45, 2.75) is 63.5 Å². The number of rotatable bonds is 2. The van der Waals surface area contributed by atoms with E-state index in [2.05, 4.69) is 5.32 Å². The van der Waals surface area contributed by atoms with E-state index in [9.17, 15) is 13.2 Å². The highest BCUT2D eigenvalue weighted by molar-refractivity contribution is 7.89. The molecular formula is C19H31N3O3S. The summed E-state index contributed by atoms with van der Waals surface area (Å²) in [6.07, 6.45) is 8.97. The third kappa shape index (κ3) is 2.77. The number of urea groups is 1. The van der Waals surface area contributed by atoms with Crippen molar-refractivity contribution in [3.05, 3.63) is 0 Å². The lowest BCUT2D eigenvalue weighted by Crippen LogP contribution is -2.53. The molecule has 2 saturated heterocycles. The Hall–Kier alpha value is -0.820. The van der Waals surface area contributed by atoms with Crippen LogP contribution in [0.5, 0.6) is 0 Å². The van der Waals surface area contributed by atoms with E-state index in [1.165, 1.54) is 32.1 Å². The van der Waals surface area contributed by atoms with Crippen LogP contribution in [0.3, 0.4) is 0 Å². The number of fused-ring (bicyclic) bond motifs is 5. The van der Waals surface area contributed by atoms with Gasteiger partial charge in [0.25, 0.3) is 0 Å². The second kappa shape index (κ2) is 6.36. The Bertz CT molecular complexity index is 674. The molecule has 146 valence electrons. The molecule has 0 aromatic heterocycles. The van der Waals surface area contributed by atoms with Gasteiger partial charge in [-0.15, -0.1) is 0 Å². The first-order valence-electron chi connectivity index (χ1n) is 10.6. The smallest absolute Gasteiger partial charge is 0.317 e. The number of hydrogen-bond acceptors (Lipinski definition) is 3. The molecule has 2 amide bonds. The molecule has 2 aliphatic heterocycles. The van der Waals surface area contributed by atoms with Crippen LogP contribution in [0.2, 0.25) is 0 Å². The zero-order chi connectivity index (χ0) is 17.9. The van der Waals surface area contributed by atoms with E-state index in [0.717, 1.165) is 37.0 Å². The Kier molecular flexibility index (Phi) is 4.23. The SMILES string of the molecule is O=C(N[C@@H]1C[C@H]2C[C@H]1[C@@H]1CCC[C@@H]21)N1CCC(N2CCCS2(=O)=O)CC1. The van der Waals surface area contributed by atoms with Crippen LogP contribution in [0, 0.1) is 23.7 Å². The van der Waals surface area contributed by atoms with E-state index in [1.54, 1.807) is 4.31 Å². The highest BCUT2D eigenvalue weighted by atomic mass is 32.2. The van der Waals surface area contributed by atoms with Gasteiger partial charge >= 0.3 is 6.03 Å². The number of piperidine rings is 1. The van der Waals surface area contributed by atoms with Crippen LogP contribution >= 0.6 is 0 Å². The molecule has 0 radical (unpaired) electrons. The number of amides is 2. The highest BCUT2D eigenvalue weighted by Gasteiger charge is 2.54. The number of carbonyl (C=O) groups excluding carboxylic acids is 1. The average Bonchev–Trinajstić information content (AvgIpc) is 3.36. The van der Waals surface area contributed by atoms with Gasteiger partial charge in [-0.25, -0.2) is 13.2 Å². The lowest BCUT2D eigenvalue weighted by molar-refractivity contribution is 0.146. The normalized spacial score (nSPS) is 42.3. The highest BCUT2D eigenvalue weighted by Crippen LogP contribution is 2.58. The Morgan fingerprint density at radius 3 is 2.38 bits per heavy atom. The topological polar surface area (TPSA) is 69.7 Å². The first-order valence-corrected chi connectivity index (χ1v) is 12.2. The molecule has 5 fully saturated rings. The van der Waals surface area contributed by atoms with E-state index in [4.69, 9.17) is 0 Å². The summed E-state index contributed by atoms with van der Waals surface area (Å²) in [5, 5.41) is 3.35. The van der Waals surface area contributed by atoms with Crippen molar-refractivity contribution in [1.82, 2.24) is 14.5 Å². The Labute approximate surface area is 156 Å². The molecule has 3 aliphatic carbocycles. The third-order valence-corrected chi connectivity index (χ3v) is 10.0. The summed E-state index contributed by atoms with van der Waals surface area (Å²) in [6, 6.07) is 0.552. The molecule has 3 saturated carbocycles. The maximum Gasteiger partial charge on any atom is 0.317 e. The van der Waals surface area contributed by atoms with Crippen molar-refractivity contribution in [2.75, 3.05) is 25.4 Å². The number of hydrogen-bond donors (Lipinski definition) is 1.